The molecule has 2 rings (SSSR count). The quantitative estimate of drug-likeness (QED) is 0.861. The molecule has 0 bridgehead atoms. The normalized spacial score (nSPS) is 12.0. The van der Waals surface area contributed by atoms with Gasteiger partial charge in [-0.2, -0.15) is 0 Å². The largest absolute Gasteiger partial charge is 0.484 e. The molecule has 2 aromatic rings. The molecule has 0 saturated carbocycles. The summed E-state index contributed by atoms with van der Waals surface area (Å²) >= 11 is 1.45. The van der Waals surface area contributed by atoms with Crippen molar-refractivity contribution in [3.63, 3.8) is 0 Å². The maximum Gasteiger partial charge on any atom is 0.258 e. The highest BCUT2D eigenvalue weighted by atomic mass is 32.1. The highest BCUT2D eigenvalue weighted by Crippen LogP contribution is 2.23. The van der Waals surface area contributed by atoms with Crippen LogP contribution in [0.1, 0.15) is 16.5 Å². The minimum absolute atomic E-state index is 0.132. The second-order valence-corrected chi connectivity index (χ2v) is 5.48. The number of thiophene rings is 1. The summed E-state index contributed by atoms with van der Waals surface area (Å²) in [4.78, 5) is 12.5. The van der Waals surface area contributed by atoms with E-state index in [4.69, 9.17) is 4.74 Å². The van der Waals surface area contributed by atoms with Crippen LogP contribution in [0.2, 0.25) is 0 Å². The zero-order valence-corrected chi connectivity index (χ0v) is 12.3. The van der Waals surface area contributed by atoms with Crippen LogP contribution in [0.5, 0.6) is 5.75 Å². The van der Waals surface area contributed by atoms with Gasteiger partial charge in [0, 0.05) is 11.4 Å². The van der Waals surface area contributed by atoms with Gasteiger partial charge < -0.3 is 15.2 Å². The molecular weight excluding hydrogens is 293 g/mol. The zero-order chi connectivity index (χ0) is 15.2. The van der Waals surface area contributed by atoms with Gasteiger partial charge >= 0.3 is 0 Å². The Balaban J connectivity index is 1.75. The van der Waals surface area contributed by atoms with E-state index in [9.17, 15) is 14.3 Å². The third-order valence-corrected chi connectivity index (χ3v) is 4.00. The molecule has 0 aliphatic carbocycles. The molecule has 0 saturated heterocycles. The average molecular weight is 309 g/mol. The Morgan fingerprint density at radius 1 is 1.38 bits per heavy atom. The monoisotopic (exact) mass is 309 g/mol. The first-order valence-corrected chi connectivity index (χ1v) is 7.31. The Bertz CT molecular complexity index is 597. The van der Waals surface area contributed by atoms with E-state index in [-0.39, 0.29) is 24.9 Å². The van der Waals surface area contributed by atoms with Crippen LogP contribution in [-0.4, -0.2) is 24.2 Å². The lowest BCUT2D eigenvalue weighted by Crippen LogP contribution is -2.32. The van der Waals surface area contributed by atoms with E-state index in [0.717, 1.165) is 10.4 Å². The number of rotatable bonds is 6. The number of carbonyl (C=O) groups is 1. The van der Waals surface area contributed by atoms with E-state index in [0.29, 0.717) is 5.75 Å². The van der Waals surface area contributed by atoms with Gasteiger partial charge in [0.15, 0.2) is 6.61 Å². The molecule has 21 heavy (non-hydrogen) atoms. The summed E-state index contributed by atoms with van der Waals surface area (Å²) in [5.41, 5.74) is 1.00. The fourth-order valence-corrected chi connectivity index (χ4v) is 2.67. The van der Waals surface area contributed by atoms with Gasteiger partial charge in [0.25, 0.3) is 5.91 Å². The molecule has 0 aliphatic rings. The van der Waals surface area contributed by atoms with Crippen molar-refractivity contribution < 1.29 is 19.0 Å². The molecular formula is C15H16FNO3S. The Morgan fingerprint density at radius 2 is 2.10 bits per heavy atom. The van der Waals surface area contributed by atoms with E-state index in [1.54, 1.807) is 0 Å². The summed E-state index contributed by atoms with van der Waals surface area (Å²) in [7, 11) is 0. The number of ether oxygens (including phenoxy) is 1. The van der Waals surface area contributed by atoms with Gasteiger partial charge in [0.1, 0.15) is 17.7 Å². The average Bonchev–Trinajstić information content (AvgIpc) is 2.90. The van der Waals surface area contributed by atoms with Crippen LogP contribution in [0.25, 0.3) is 0 Å². The molecule has 1 atom stereocenters. The molecule has 0 fully saturated rings. The van der Waals surface area contributed by atoms with E-state index < -0.39 is 6.10 Å². The SMILES string of the molecule is Cc1ccsc1C(O)CNC(=O)COc1ccc(F)cc1. The van der Waals surface area contributed by atoms with Crippen molar-refractivity contribution in [2.75, 3.05) is 13.2 Å². The third kappa shape index (κ3) is 4.54. The lowest BCUT2D eigenvalue weighted by molar-refractivity contribution is -0.123. The number of carbonyl (C=O) groups excluding carboxylic acids is 1. The van der Waals surface area contributed by atoms with Gasteiger partial charge in [-0.15, -0.1) is 11.3 Å². The number of aliphatic hydroxyl groups is 1. The molecule has 6 heteroatoms. The van der Waals surface area contributed by atoms with Crippen LogP contribution >= 0.6 is 11.3 Å². The Morgan fingerprint density at radius 3 is 2.71 bits per heavy atom. The fraction of sp³-hybridized carbons (Fsp3) is 0.267. The highest BCUT2D eigenvalue weighted by Gasteiger charge is 2.13. The summed E-state index contributed by atoms with van der Waals surface area (Å²) in [6.07, 6.45) is -0.722. The van der Waals surface area contributed by atoms with E-state index in [2.05, 4.69) is 5.32 Å². The standard InChI is InChI=1S/C15H16FNO3S/c1-10-6-7-21-15(10)13(18)8-17-14(19)9-20-12-4-2-11(16)3-5-12/h2-7,13,18H,8-9H2,1H3,(H,17,19). The van der Waals surface area contributed by atoms with Crippen LogP contribution < -0.4 is 10.1 Å². The van der Waals surface area contributed by atoms with Gasteiger partial charge in [0.2, 0.25) is 0 Å². The molecule has 112 valence electrons. The second kappa shape index (κ2) is 7.19. The van der Waals surface area contributed by atoms with Crippen molar-refractivity contribution in [2.45, 2.75) is 13.0 Å². The first kappa shape index (κ1) is 15.5. The third-order valence-electron chi connectivity index (χ3n) is 2.88. The smallest absolute Gasteiger partial charge is 0.258 e. The molecule has 0 radical (unpaired) electrons. The van der Waals surface area contributed by atoms with Crippen LogP contribution in [0.15, 0.2) is 35.7 Å². The van der Waals surface area contributed by atoms with Gasteiger partial charge in [-0.25, -0.2) is 4.39 Å². The molecule has 1 amide bonds. The summed E-state index contributed by atoms with van der Waals surface area (Å²) < 4.78 is 17.9. The van der Waals surface area contributed by atoms with Gasteiger partial charge in [0.05, 0.1) is 0 Å². The summed E-state index contributed by atoms with van der Waals surface area (Å²) in [6, 6.07) is 7.34. The van der Waals surface area contributed by atoms with Crippen molar-refractivity contribution in [2.24, 2.45) is 0 Å². The number of hydrogen-bond acceptors (Lipinski definition) is 4. The zero-order valence-electron chi connectivity index (χ0n) is 11.5. The Kier molecular flexibility index (Phi) is 5.30. The van der Waals surface area contributed by atoms with Crippen LogP contribution in [0, 0.1) is 12.7 Å². The van der Waals surface area contributed by atoms with Crippen LogP contribution in [0.4, 0.5) is 4.39 Å². The molecule has 1 aromatic carbocycles. The summed E-state index contributed by atoms with van der Waals surface area (Å²) in [6.45, 7) is 1.86. The van der Waals surface area contributed by atoms with E-state index in [1.165, 1.54) is 35.6 Å². The Labute approximate surface area is 126 Å². The predicted molar refractivity (Wildman–Crippen MR) is 78.9 cm³/mol. The first-order valence-electron chi connectivity index (χ1n) is 6.43. The number of hydrogen-bond donors (Lipinski definition) is 2. The first-order chi connectivity index (χ1) is 10.1. The maximum atomic E-state index is 12.7. The van der Waals surface area contributed by atoms with E-state index >= 15 is 0 Å². The van der Waals surface area contributed by atoms with Gasteiger partial charge in [-0.3, -0.25) is 4.79 Å². The number of aryl methyl sites for hydroxylation is 1. The minimum atomic E-state index is -0.722. The lowest BCUT2D eigenvalue weighted by atomic mass is 10.2. The predicted octanol–water partition coefficient (Wildman–Crippen LogP) is 2.42. The van der Waals surface area contributed by atoms with Crippen LogP contribution in [0.3, 0.4) is 0 Å². The van der Waals surface area contributed by atoms with Crippen molar-refractivity contribution in [3.05, 3.63) is 52.0 Å². The molecule has 1 heterocycles. The topological polar surface area (TPSA) is 58.6 Å². The molecule has 1 aromatic heterocycles. The molecule has 4 nitrogen and oxygen atoms in total. The van der Waals surface area contributed by atoms with Crippen LogP contribution in [-0.2, 0) is 4.79 Å². The lowest BCUT2D eigenvalue weighted by Gasteiger charge is -2.12. The van der Waals surface area contributed by atoms with Crippen molar-refractivity contribution in [1.82, 2.24) is 5.32 Å². The van der Waals surface area contributed by atoms with Gasteiger partial charge in [-0.05, 0) is 48.2 Å². The summed E-state index contributed by atoms with van der Waals surface area (Å²) in [5, 5.41) is 14.5. The molecule has 2 N–H and O–H groups in total. The Hall–Kier alpha value is -1.92. The number of benzene rings is 1. The number of nitrogens with one attached hydrogen (secondary N) is 1. The number of halogens is 1. The second-order valence-electron chi connectivity index (χ2n) is 4.53. The number of amides is 1. The molecule has 0 spiro atoms. The van der Waals surface area contributed by atoms with Crippen molar-refractivity contribution in [3.8, 4) is 5.75 Å². The maximum absolute atomic E-state index is 12.7. The summed E-state index contributed by atoms with van der Waals surface area (Å²) in [5.74, 6) is -0.282. The fourth-order valence-electron chi connectivity index (χ4n) is 1.76. The van der Waals surface area contributed by atoms with Gasteiger partial charge in [-0.1, -0.05) is 0 Å². The molecule has 0 aliphatic heterocycles. The van der Waals surface area contributed by atoms with E-state index in [1.807, 2.05) is 18.4 Å². The van der Waals surface area contributed by atoms with Crippen molar-refractivity contribution in [1.29, 1.82) is 0 Å². The number of aliphatic hydroxyl groups excluding tert-OH is 1. The molecule has 1 unspecified atom stereocenters. The minimum Gasteiger partial charge on any atom is -0.484 e. The highest BCUT2D eigenvalue weighted by molar-refractivity contribution is 7.10. The van der Waals surface area contributed by atoms with Crippen molar-refractivity contribution >= 4 is 17.2 Å².